The molecule has 6 aromatic carbocycles. The van der Waals surface area contributed by atoms with Crippen LogP contribution in [0, 0.1) is 29.5 Å². The molecule has 1 saturated heterocycles. The number of aromatic hydroxyl groups is 2. The fourth-order valence-electron chi connectivity index (χ4n) is 15.5. The Hall–Kier alpha value is -12.7. The predicted molar refractivity (Wildman–Crippen MR) is 489 cm³/mol. The Kier molecular flexibility index (Phi) is 39.7. The normalized spacial score (nSPS) is 22.0. The first-order valence-corrected chi connectivity index (χ1v) is 45.4. The molecular weight excluding hydrogens is 1710 g/mol. The van der Waals surface area contributed by atoms with Crippen LogP contribution in [-0.2, 0) is 120 Å². The van der Waals surface area contributed by atoms with Gasteiger partial charge in [-0.2, -0.15) is 0 Å². The molecule has 1 aliphatic rings. The zero-order valence-corrected chi connectivity index (χ0v) is 76.6. The van der Waals surface area contributed by atoms with Gasteiger partial charge in [-0.1, -0.05) is 163 Å². The van der Waals surface area contributed by atoms with Crippen molar-refractivity contribution in [3.8, 4) is 11.5 Å². The summed E-state index contributed by atoms with van der Waals surface area (Å²) in [6, 6.07) is 27.9. The number of amides is 12. The van der Waals surface area contributed by atoms with Gasteiger partial charge in [0, 0.05) is 116 Å². The SMILES string of the molecule is CCCC[C@H]1C(=O)N(C)CC(=O)C[C@@H](COC=O)C(=O)C[C@@H](C(C)C)C(=O)N(C)[C@@H](Cc2ccccc2)C(=O)N[C@@H](Cc2ccc(O)cc2)C(=O)N(C)CC(=O)N[C@@H](Cc2csc3ccccc23)C(=O)N[C@@H](Cc2ccc(O)cc2)C(=O)N[C@@H](CC(C)C)C(=O)N[C@H](C(=O)CCC(N)=O)CSCC(=O)N[C@@H](Cc2ccc(F)cc2)C(=O)N(C)[C@@H](Cc2ccccc2)C(=O)N1C. The van der Waals surface area contributed by atoms with Crippen LogP contribution in [-0.4, -0.2) is 250 Å². The average molecular weight is 1830 g/mol. The number of benzene rings is 6. The number of nitrogens with two attached hydrogens (primary N) is 1. The fraction of sp³-hybridized carbons (Fsp3) is 0.438. The average Bonchev–Trinajstić information content (AvgIpc) is 1.56. The minimum Gasteiger partial charge on any atom is -0.508 e. The third kappa shape index (κ3) is 31.0. The second-order valence-electron chi connectivity index (χ2n) is 33.8. The van der Waals surface area contributed by atoms with Gasteiger partial charge < -0.3 is 77.1 Å². The molecule has 12 amide bonds. The van der Waals surface area contributed by atoms with Gasteiger partial charge in [-0.15, -0.1) is 23.1 Å². The number of thioether (sulfide) groups is 1. The van der Waals surface area contributed by atoms with Gasteiger partial charge in [0.15, 0.2) is 11.6 Å². The van der Waals surface area contributed by atoms with Gasteiger partial charge in [-0.05, 0) is 111 Å². The zero-order chi connectivity index (χ0) is 95.0. The number of hydrogen-bond donors (Lipinski definition) is 9. The van der Waals surface area contributed by atoms with Crippen molar-refractivity contribution in [1.82, 2.24) is 56.4 Å². The van der Waals surface area contributed by atoms with Crippen molar-refractivity contribution in [3.05, 3.63) is 202 Å². The van der Waals surface area contributed by atoms with Gasteiger partial charge in [0.05, 0.1) is 30.8 Å². The summed E-state index contributed by atoms with van der Waals surface area (Å²) in [5.41, 5.74) is 8.47. The maximum Gasteiger partial charge on any atom is 0.293 e. The molecule has 1 aliphatic heterocycles. The second-order valence-corrected chi connectivity index (χ2v) is 35.7. The van der Waals surface area contributed by atoms with Crippen molar-refractivity contribution < 1.29 is 96.1 Å². The molecule has 8 rings (SSSR count). The molecule has 1 fully saturated rings. The van der Waals surface area contributed by atoms with Gasteiger partial charge in [0.2, 0.25) is 70.9 Å². The summed E-state index contributed by atoms with van der Waals surface area (Å²) in [4.78, 5) is 241. The zero-order valence-electron chi connectivity index (χ0n) is 74.9. The number of rotatable bonds is 25. The first-order chi connectivity index (χ1) is 61.9. The summed E-state index contributed by atoms with van der Waals surface area (Å²) in [6.07, 6.45) is -2.52. The molecule has 7 aromatic rings. The van der Waals surface area contributed by atoms with Crippen LogP contribution in [0.3, 0.4) is 0 Å². The molecule has 0 bridgehead atoms. The van der Waals surface area contributed by atoms with E-state index in [2.05, 4.69) is 31.9 Å². The molecule has 0 aliphatic carbocycles. The number of thiophene rings is 1. The summed E-state index contributed by atoms with van der Waals surface area (Å²) in [5.74, 6) is -17.4. The highest BCUT2D eigenvalue weighted by molar-refractivity contribution is 8.00. The van der Waals surface area contributed by atoms with E-state index in [9.17, 15) is 48.2 Å². The molecule has 0 unspecified atom stereocenters. The lowest BCUT2D eigenvalue weighted by Gasteiger charge is -2.37. The van der Waals surface area contributed by atoms with E-state index in [1.54, 1.807) is 99.8 Å². The van der Waals surface area contributed by atoms with Crippen molar-refractivity contribution in [3.63, 3.8) is 0 Å². The lowest BCUT2D eigenvalue weighted by Crippen LogP contribution is -2.59. The molecule has 2 heterocycles. The maximum absolute atomic E-state index is 15.6. The Morgan fingerprint density at radius 2 is 1.01 bits per heavy atom. The smallest absolute Gasteiger partial charge is 0.293 e. The van der Waals surface area contributed by atoms with Gasteiger partial charge >= 0.3 is 0 Å². The van der Waals surface area contributed by atoms with Crippen LogP contribution in [0.1, 0.15) is 119 Å². The highest BCUT2D eigenvalue weighted by Gasteiger charge is 2.42. The Labute approximate surface area is 764 Å². The van der Waals surface area contributed by atoms with E-state index in [0.717, 1.165) is 53.6 Å². The number of ketones is 3. The number of nitrogens with one attached hydrogen (secondary N) is 6. The molecule has 696 valence electrons. The number of phenols is 2. The number of carbonyl (C=O) groups is 16. The van der Waals surface area contributed by atoms with Crippen molar-refractivity contribution in [2.45, 2.75) is 179 Å². The van der Waals surface area contributed by atoms with Crippen LogP contribution in [0.25, 0.3) is 10.1 Å². The number of nitrogens with zero attached hydrogens (tertiary/aromatic N) is 5. The minimum atomic E-state index is -1.58. The number of unbranched alkanes of at least 4 members (excludes halogenated alkanes) is 1. The van der Waals surface area contributed by atoms with E-state index in [1.165, 1.54) is 112 Å². The molecular formula is C96H119FN12O19S2. The molecule has 0 saturated carbocycles. The predicted octanol–water partition coefficient (Wildman–Crippen LogP) is 6.31. The van der Waals surface area contributed by atoms with Crippen molar-refractivity contribution in [1.29, 1.82) is 0 Å². The van der Waals surface area contributed by atoms with E-state index in [1.807, 2.05) is 25.1 Å². The number of halogens is 1. The summed E-state index contributed by atoms with van der Waals surface area (Å²) in [7, 11) is 6.70. The van der Waals surface area contributed by atoms with Crippen LogP contribution in [0.15, 0.2) is 163 Å². The number of likely N-dealkylation sites (N-methyl/N-ethyl adjacent to an activating group) is 5. The number of ether oxygens (including phenoxy) is 1. The number of carbonyl (C=O) groups excluding carboxylic acids is 16. The van der Waals surface area contributed by atoms with Gasteiger partial charge in [-0.25, -0.2) is 4.39 Å². The Morgan fingerprint density at radius 3 is 1.58 bits per heavy atom. The van der Waals surface area contributed by atoms with E-state index in [-0.39, 0.29) is 81.0 Å². The molecule has 31 nitrogen and oxygen atoms in total. The van der Waals surface area contributed by atoms with Gasteiger partial charge in [0.1, 0.15) is 78.0 Å². The van der Waals surface area contributed by atoms with E-state index in [4.69, 9.17) is 10.5 Å². The van der Waals surface area contributed by atoms with Crippen LogP contribution in [0.5, 0.6) is 11.5 Å². The first kappa shape index (κ1) is 103. The standard InChI is InChI=1S/C96H119FN12O19S2/c1-11-12-26-79-95(126)105(6)51-70(113)48-65(53-128-57-110)83(115)50-72(59(4)5)92(123)108(9)80(46-60-21-15-13-16-22-60)91(122)103-76(44-64-32-38-69(112)39-33-64)93(124)106(7)52-86(117)99-75(49-66-54-130-84-27-20-19-25-71(66)84)90(121)102-74(43-63-30-36-68(111)37-31-63)89(120)101-73(42-58(2)3)88(119)104-78(82(114)40-41-85(98)116)55-129-56-87(118)100-77(45-62-28-34-67(97)35-29-62)94(125)109(10)81(96(127)107(79)8)47-61-23-17-14-18-24-61/h13-25,27-39,54,57-59,65,72-81,111-112H,11-12,26,40-53,55-56H2,1-10H3,(H2,98,116)(H,99,117)(H,100,118)(H,101,120)(H,102,121)(H,103,122)(H,104,119)/t65-,72-,73-,74-,75-,76-,77-,78-,79-,80-,81-/m0/s1. The molecule has 34 heteroatoms. The molecule has 10 N–H and O–H groups in total. The van der Waals surface area contributed by atoms with Crippen molar-refractivity contribution in [2.75, 3.05) is 66.4 Å². The second kappa shape index (κ2) is 50.3. The molecule has 0 radical (unpaired) electrons. The van der Waals surface area contributed by atoms with Crippen molar-refractivity contribution in [2.24, 2.45) is 29.4 Å². The number of fused-ring (bicyclic) bond motifs is 1. The first-order valence-electron chi connectivity index (χ1n) is 43.3. The molecule has 130 heavy (non-hydrogen) atoms. The molecule has 0 spiro atoms. The third-order valence-corrected chi connectivity index (χ3v) is 24.9. The summed E-state index contributed by atoms with van der Waals surface area (Å²) < 4.78 is 20.5. The van der Waals surface area contributed by atoms with Crippen LogP contribution in [0.4, 0.5) is 4.39 Å². The number of Topliss-reactive ketones (excluding diaryl/α,β-unsaturated/α-hetero) is 3. The summed E-state index contributed by atoms with van der Waals surface area (Å²) in [6.45, 7) is 6.77. The van der Waals surface area contributed by atoms with Gasteiger partial charge in [-0.3, -0.25) is 76.7 Å². The Balaban J connectivity index is 1.21. The Morgan fingerprint density at radius 1 is 0.515 bits per heavy atom. The Bertz CT molecular complexity index is 5090. The van der Waals surface area contributed by atoms with Gasteiger partial charge in [0.25, 0.3) is 6.47 Å². The van der Waals surface area contributed by atoms with E-state index < -0.39 is 217 Å². The monoisotopic (exact) mass is 1830 g/mol. The lowest BCUT2D eigenvalue weighted by atomic mass is 9.84. The summed E-state index contributed by atoms with van der Waals surface area (Å²) >= 11 is 2.19. The largest absolute Gasteiger partial charge is 0.508 e. The number of hydrogen-bond acceptors (Lipinski definition) is 21. The topological polar surface area (TPSA) is 437 Å². The van der Waals surface area contributed by atoms with Crippen LogP contribution < -0.4 is 37.6 Å². The minimum absolute atomic E-state index is 0.0559. The van der Waals surface area contributed by atoms with Crippen molar-refractivity contribution >= 4 is 128 Å². The number of primary amides is 1. The quantitative estimate of drug-likeness (QED) is 0.0283. The summed E-state index contributed by atoms with van der Waals surface area (Å²) in [5, 5.41) is 40.0. The number of phenolic OH excluding ortho intramolecular Hbond substituents is 2. The highest BCUT2D eigenvalue weighted by Crippen LogP contribution is 2.30. The lowest BCUT2D eigenvalue weighted by molar-refractivity contribution is -0.151. The van der Waals surface area contributed by atoms with E-state index in [0.29, 0.717) is 46.2 Å². The maximum atomic E-state index is 15.6. The van der Waals surface area contributed by atoms with Crippen LogP contribution in [0.2, 0.25) is 0 Å². The van der Waals surface area contributed by atoms with Crippen LogP contribution >= 0.6 is 23.1 Å². The van der Waals surface area contributed by atoms with E-state index >= 15 is 43.2 Å². The molecule has 1 aromatic heterocycles. The third-order valence-electron chi connectivity index (χ3n) is 22.9. The fourth-order valence-corrected chi connectivity index (χ4v) is 17.3. The highest BCUT2D eigenvalue weighted by atomic mass is 32.2. The molecule has 11 atom stereocenters.